The third-order valence-corrected chi connectivity index (χ3v) is 3.61. The Labute approximate surface area is 104 Å². The Morgan fingerprint density at radius 2 is 2.24 bits per heavy atom. The van der Waals surface area contributed by atoms with Gasteiger partial charge in [-0.2, -0.15) is 0 Å². The van der Waals surface area contributed by atoms with E-state index in [1.807, 2.05) is 0 Å². The van der Waals surface area contributed by atoms with E-state index >= 15 is 0 Å². The Hall–Kier alpha value is -0.830. The summed E-state index contributed by atoms with van der Waals surface area (Å²) in [5, 5.41) is 3.40. The minimum Gasteiger partial charge on any atom is -0.345 e. The fraction of sp³-hybridized carbons (Fsp3) is 0.786. The van der Waals surface area contributed by atoms with Gasteiger partial charge < -0.3 is 10.3 Å². The first-order chi connectivity index (χ1) is 8.33. The second kappa shape index (κ2) is 6.20. The Bertz CT molecular complexity index is 343. The first-order valence-corrected chi connectivity index (χ1v) is 7.10. The molecule has 0 saturated heterocycles. The second-order valence-electron chi connectivity index (χ2n) is 5.18. The number of aromatic amines is 1. The topological polar surface area (TPSA) is 40.7 Å². The lowest BCUT2D eigenvalue weighted by molar-refractivity contribution is 0.416. The highest BCUT2D eigenvalue weighted by Gasteiger charge is 2.21. The first-order valence-electron chi connectivity index (χ1n) is 7.10. The summed E-state index contributed by atoms with van der Waals surface area (Å²) in [5.74, 6) is 2.00. The molecule has 1 heterocycles. The highest BCUT2D eigenvalue weighted by molar-refractivity contribution is 5.18. The minimum atomic E-state index is 0.879. The molecule has 0 aliphatic heterocycles. The van der Waals surface area contributed by atoms with Gasteiger partial charge in [-0.25, -0.2) is 4.98 Å². The molecule has 3 heteroatoms. The van der Waals surface area contributed by atoms with Crippen LogP contribution in [-0.4, -0.2) is 16.5 Å². The van der Waals surface area contributed by atoms with E-state index < -0.39 is 0 Å². The fourth-order valence-corrected chi connectivity index (χ4v) is 2.73. The van der Waals surface area contributed by atoms with E-state index in [9.17, 15) is 0 Å². The maximum atomic E-state index is 4.70. The normalized spacial score (nSPS) is 19.3. The van der Waals surface area contributed by atoms with Crippen molar-refractivity contribution in [2.75, 3.05) is 6.54 Å². The van der Waals surface area contributed by atoms with Crippen molar-refractivity contribution in [3.8, 4) is 0 Å². The zero-order chi connectivity index (χ0) is 12.1. The zero-order valence-electron chi connectivity index (χ0n) is 11.2. The molecule has 17 heavy (non-hydrogen) atoms. The smallest absolute Gasteiger partial charge is 0.120 e. The van der Waals surface area contributed by atoms with Crippen molar-refractivity contribution < 1.29 is 0 Å². The van der Waals surface area contributed by atoms with Gasteiger partial charge in [-0.1, -0.05) is 26.7 Å². The van der Waals surface area contributed by atoms with Gasteiger partial charge in [0.2, 0.25) is 0 Å². The van der Waals surface area contributed by atoms with Crippen molar-refractivity contribution in [3.05, 3.63) is 17.2 Å². The standard InChI is InChI=1S/C14H25N3/c1-3-5-11-6-7-12-13(9-11)17-14(16-12)10-15-8-4-2/h11,15H,3-10H2,1-2H3,(H,16,17). The molecule has 2 N–H and O–H groups in total. The quantitative estimate of drug-likeness (QED) is 0.744. The number of hydrogen-bond donors (Lipinski definition) is 2. The summed E-state index contributed by atoms with van der Waals surface area (Å²) >= 11 is 0. The molecule has 1 aliphatic rings. The molecule has 0 aromatic carbocycles. The van der Waals surface area contributed by atoms with Crippen LogP contribution < -0.4 is 5.32 Å². The maximum absolute atomic E-state index is 4.70. The van der Waals surface area contributed by atoms with Gasteiger partial charge >= 0.3 is 0 Å². The molecular weight excluding hydrogens is 210 g/mol. The van der Waals surface area contributed by atoms with Crippen molar-refractivity contribution in [1.29, 1.82) is 0 Å². The molecule has 1 aliphatic carbocycles. The molecule has 0 bridgehead atoms. The summed E-state index contributed by atoms with van der Waals surface area (Å²) < 4.78 is 0. The van der Waals surface area contributed by atoms with Crippen molar-refractivity contribution in [2.45, 2.75) is 58.9 Å². The van der Waals surface area contributed by atoms with E-state index in [2.05, 4.69) is 24.1 Å². The van der Waals surface area contributed by atoms with Crippen molar-refractivity contribution in [3.63, 3.8) is 0 Å². The second-order valence-corrected chi connectivity index (χ2v) is 5.18. The number of imidazole rings is 1. The van der Waals surface area contributed by atoms with E-state index in [-0.39, 0.29) is 0 Å². The SMILES string of the molecule is CCCNCc1nc2c([nH]1)CC(CCC)CC2. The number of nitrogens with zero attached hydrogens (tertiary/aromatic N) is 1. The summed E-state index contributed by atoms with van der Waals surface area (Å²) in [5.41, 5.74) is 2.73. The molecule has 1 aromatic heterocycles. The number of nitrogens with one attached hydrogen (secondary N) is 2. The molecular formula is C14H25N3. The number of hydrogen-bond acceptors (Lipinski definition) is 2. The molecule has 3 nitrogen and oxygen atoms in total. The van der Waals surface area contributed by atoms with Gasteiger partial charge in [-0.15, -0.1) is 0 Å². The van der Waals surface area contributed by atoms with Crippen LogP contribution in [0.3, 0.4) is 0 Å². The number of aryl methyl sites for hydroxylation is 1. The highest BCUT2D eigenvalue weighted by atomic mass is 15.0. The third kappa shape index (κ3) is 3.32. The maximum Gasteiger partial charge on any atom is 0.120 e. The van der Waals surface area contributed by atoms with Gasteiger partial charge in [0.05, 0.1) is 12.2 Å². The van der Waals surface area contributed by atoms with Crippen LogP contribution in [0.25, 0.3) is 0 Å². The first kappa shape index (κ1) is 12.6. The van der Waals surface area contributed by atoms with Crippen LogP contribution in [0.1, 0.15) is 56.7 Å². The monoisotopic (exact) mass is 235 g/mol. The van der Waals surface area contributed by atoms with Gasteiger partial charge in [-0.3, -0.25) is 0 Å². The van der Waals surface area contributed by atoms with Gasteiger partial charge in [0.15, 0.2) is 0 Å². The fourth-order valence-electron chi connectivity index (χ4n) is 2.73. The Morgan fingerprint density at radius 1 is 1.35 bits per heavy atom. The van der Waals surface area contributed by atoms with E-state index in [1.54, 1.807) is 0 Å². The van der Waals surface area contributed by atoms with Crippen molar-refractivity contribution in [1.82, 2.24) is 15.3 Å². The summed E-state index contributed by atoms with van der Waals surface area (Å²) in [4.78, 5) is 8.21. The number of rotatable bonds is 6. The molecule has 1 aromatic rings. The summed E-state index contributed by atoms with van der Waals surface area (Å²) in [6.07, 6.45) is 7.56. The summed E-state index contributed by atoms with van der Waals surface area (Å²) in [6.45, 7) is 6.43. The van der Waals surface area contributed by atoms with Crippen LogP contribution in [-0.2, 0) is 19.4 Å². The molecule has 0 amide bonds. The van der Waals surface area contributed by atoms with Crippen LogP contribution in [0.2, 0.25) is 0 Å². The lowest BCUT2D eigenvalue weighted by Crippen LogP contribution is -2.14. The zero-order valence-corrected chi connectivity index (χ0v) is 11.2. The van der Waals surface area contributed by atoms with E-state index in [1.165, 1.54) is 49.9 Å². The number of aromatic nitrogens is 2. The van der Waals surface area contributed by atoms with E-state index in [0.29, 0.717) is 0 Å². The van der Waals surface area contributed by atoms with Crippen LogP contribution >= 0.6 is 0 Å². The lowest BCUT2D eigenvalue weighted by Gasteiger charge is -2.20. The molecule has 1 unspecified atom stereocenters. The number of H-pyrrole nitrogens is 1. The lowest BCUT2D eigenvalue weighted by atomic mass is 9.87. The summed E-state index contributed by atoms with van der Waals surface area (Å²) in [6, 6.07) is 0. The average Bonchev–Trinajstić information content (AvgIpc) is 2.72. The summed E-state index contributed by atoms with van der Waals surface area (Å²) in [7, 11) is 0. The van der Waals surface area contributed by atoms with Crippen LogP contribution in [0.5, 0.6) is 0 Å². The molecule has 0 saturated carbocycles. The predicted octanol–water partition coefficient (Wildman–Crippen LogP) is 2.81. The molecule has 2 rings (SSSR count). The molecule has 0 fully saturated rings. The molecule has 96 valence electrons. The predicted molar refractivity (Wildman–Crippen MR) is 71.0 cm³/mol. The van der Waals surface area contributed by atoms with Crippen LogP contribution in [0.15, 0.2) is 0 Å². The Kier molecular flexibility index (Phi) is 4.60. The molecule has 0 radical (unpaired) electrons. The van der Waals surface area contributed by atoms with Crippen molar-refractivity contribution in [2.24, 2.45) is 5.92 Å². The van der Waals surface area contributed by atoms with Gasteiger partial charge in [0.25, 0.3) is 0 Å². The van der Waals surface area contributed by atoms with Crippen LogP contribution in [0, 0.1) is 5.92 Å². The minimum absolute atomic E-state index is 0.879. The molecule has 0 spiro atoms. The van der Waals surface area contributed by atoms with Gasteiger partial charge in [-0.05, 0) is 38.1 Å². The molecule has 1 atom stereocenters. The van der Waals surface area contributed by atoms with E-state index in [4.69, 9.17) is 4.98 Å². The average molecular weight is 235 g/mol. The highest BCUT2D eigenvalue weighted by Crippen LogP contribution is 2.26. The van der Waals surface area contributed by atoms with Crippen molar-refractivity contribution >= 4 is 0 Å². The largest absolute Gasteiger partial charge is 0.345 e. The van der Waals surface area contributed by atoms with E-state index in [0.717, 1.165) is 24.8 Å². The van der Waals surface area contributed by atoms with Gasteiger partial charge in [0.1, 0.15) is 5.82 Å². The Balaban J connectivity index is 1.92. The van der Waals surface area contributed by atoms with Gasteiger partial charge in [0, 0.05) is 5.69 Å². The van der Waals surface area contributed by atoms with Crippen LogP contribution in [0.4, 0.5) is 0 Å². The number of fused-ring (bicyclic) bond motifs is 1. The Morgan fingerprint density at radius 3 is 3.00 bits per heavy atom. The third-order valence-electron chi connectivity index (χ3n) is 3.61.